The van der Waals surface area contributed by atoms with Crippen LogP contribution in [-0.2, 0) is 14.3 Å². The number of hydrogen-bond donors (Lipinski definition) is 0. The SMILES string of the molecule is C=CC(=O)OCCCCCCOCCCC. The number of esters is 1. The van der Waals surface area contributed by atoms with Gasteiger partial charge in [0.1, 0.15) is 0 Å². The largest absolute Gasteiger partial charge is 0.463 e. The Morgan fingerprint density at radius 3 is 2.31 bits per heavy atom. The lowest BCUT2D eigenvalue weighted by atomic mass is 10.2. The Balaban J connectivity index is 2.98. The van der Waals surface area contributed by atoms with Gasteiger partial charge in [-0.2, -0.15) is 0 Å². The fourth-order valence-corrected chi connectivity index (χ4v) is 1.24. The fraction of sp³-hybridized carbons (Fsp3) is 0.769. The van der Waals surface area contributed by atoms with Crippen LogP contribution in [0.4, 0.5) is 0 Å². The molecule has 0 spiro atoms. The number of rotatable bonds is 11. The van der Waals surface area contributed by atoms with Crippen LogP contribution < -0.4 is 0 Å². The molecule has 0 heterocycles. The van der Waals surface area contributed by atoms with E-state index < -0.39 is 0 Å². The van der Waals surface area contributed by atoms with E-state index >= 15 is 0 Å². The molecule has 0 aromatic carbocycles. The van der Waals surface area contributed by atoms with E-state index in [4.69, 9.17) is 9.47 Å². The quantitative estimate of drug-likeness (QED) is 0.310. The lowest BCUT2D eigenvalue weighted by Gasteiger charge is -2.03. The lowest BCUT2D eigenvalue weighted by Crippen LogP contribution is -2.02. The molecule has 0 rings (SSSR count). The van der Waals surface area contributed by atoms with E-state index in [9.17, 15) is 4.79 Å². The van der Waals surface area contributed by atoms with Crippen molar-refractivity contribution in [3.8, 4) is 0 Å². The van der Waals surface area contributed by atoms with E-state index in [-0.39, 0.29) is 5.97 Å². The zero-order valence-electron chi connectivity index (χ0n) is 10.4. The van der Waals surface area contributed by atoms with Gasteiger partial charge in [-0.25, -0.2) is 4.79 Å². The van der Waals surface area contributed by atoms with Crippen molar-refractivity contribution in [2.75, 3.05) is 19.8 Å². The standard InChI is InChI=1S/C13H24O3/c1-3-5-10-15-11-8-6-7-9-12-16-13(14)4-2/h4H,2-3,5-12H2,1H3. The lowest BCUT2D eigenvalue weighted by molar-refractivity contribution is -0.137. The first-order valence-corrected chi connectivity index (χ1v) is 6.18. The van der Waals surface area contributed by atoms with Gasteiger partial charge in [-0.3, -0.25) is 0 Å². The van der Waals surface area contributed by atoms with E-state index in [0.717, 1.165) is 45.3 Å². The molecule has 0 N–H and O–H groups in total. The summed E-state index contributed by atoms with van der Waals surface area (Å²) in [6.45, 7) is 7.73. The predicted octanol–water partition coefficient (Wildman–Crippen LogP) is 3.09. The summed E-state index contributed by atoms with van der Waals surface area (Å²) in [5.41, 5.74) is 0. The zero-order chi connectivity index (χ0) is 12.1. The number of hydrogen-bond acceptors (Lipinski definition) is 3. The first-order valence-electron chi connectivity index (χ1n) is 6.18. The molecule has 3 heteroatoms. The van der Waals surface area contributed by atoms with Crippen molar-refractivity contribution in [3.63, 3.8) is 0 Å². The Hall–Kier alpha value is -0.830. The summed E-state index contributed by atoms with van der Waals surface area (Å²) in [6.07, 6.45) is 7.78. The minimum atomic E-state index is -0.331. The van der Waals surface area contributed by atoms with Crippen molar-refractivity contribution >= 4 is 5.97 Å². The maximum atomic E-state index is 10.7. The maximum Gasteiger partial charge on any atom is 0.330 e. The summed E-state index contributed by atoms with van der Waals surface area (Å²) in [5.74, 6) is -0.331. The van der Waals surface area contributed by atoms with Gasteiger partial charge in [-0.05, 0) is 25.7 Å². The molecule has 16 heavy (non-hydrogen) atoms. The van der Waals surface area contributed by atoms with Gasteiger partial charge >= 0.3 is 5.97 Å². The van der Waals surface area contributed by atoms with Gasteiger partial charge in [-0.15, -0.1) is 0 Å². The van der Waals surface area contributed by atoms with E-state index in [2.05, 4.69) is 13.5 Å². The number of carbonyl (C=O) groups excluding carboxylic acids is 1. The van der Waals surface area contributed by atoms with Crippen molar-refractivity contribution in [1.82, 2.24) is 0 Å². The molecule has 0 aliphatic rings. The molecule has 3 nitrogen and oxygen atoms in total. The van der Waals surface area contributed by atoms with Crippen LogP contribution in [0.5, 0.6) is 0 Å². The highest BCUT2D eigenvalue weighted by molar-refractivity contribution is 5.81. The van der Waals surface area contributed by atoms with Crippen LogP contribution in [0.15, 0.2) is 12.7 Å². The Labute approximate surface area is 98.8 Å². The monoisotopic (exact) mass is 228 g/mol. The minimum Gasteiger partial charge on any atom is -0.463 e. The van der Waals surface area contributed by atoms with Crippen molar-refractivity contribution in [2.24, 2.45) is 0 Å². The molecule has 0 saturated carbocycles. The van der Waals surface area contributed by atoms with Crippen LogP contribution in [-0.4, -0.2) is 25.8 Å². The predicted molar refractivity (Wildman–Crippen MR) is 65.4 cm³/mol. The third kappa shape index (κ3) is 11.2. The van der Waals surface area contributed by atoms with Crippen LogP contribution in [0.1, 0.15) is 45.4 Å². The number of carbonyl (C=O) groups is 1. The van der Waals surface area contributed by atoms with Crippen LogP contribution in [0.25, 0.3) is 0 Å². The maximum absolute atomic E-state index is 10.7. The van der Waals surface area contributed by atoms with Crippen LogP contribution in [0.2, 0.25) is 0 Å². The summed E-state index contributed by atoms with van der Waals surface area (Å²) in [6, 6.07) is 0. The Bertz CT molecular complexity index is 178. The second kappa shape index (κ2) is 12.2. The molecule has 0 saturated heterocycles. The Kier molecular flexibility index (Phi) is 11.6. The molecule has 0 aromatic heterocycles. The number of ether oxygens (including phenoxy) is 2. The molecule has 0 bridgehead atoms. The highest BCUT2D eigenvalue weighted by Gasteiger charge is 1.95. The van der Waals surface area contributed by atoms with Crippen molar-refractivity contribution in [1.29, 1.82) is 0 Å². The third-order valence-electron chi connectivity index (χ3n) is 2.24. The second-order valence-electron chi connectivity index (χ2n) is 3.75. The first-order chi connectivity index (χ1) is 7.81. The summed E-state index contributed by atoms with van der Waals surface area (Å²) in [4.78, 5) is 10.7. The molecule has 94 valence electrons. The molecule has 0 aromatic rings. The topological polar surface area (TPSA) is 35.5 Å². The zero-order valence-corrected chi connectivity index (χ0v) is 10.4. The van der Waals surface area contributed by atoms with Gasteiger partial charge in [0.2, 0.25) is 0 Å². The third-order valence-corrected chi connectivity index (χ3v) is 2.24. The minimum absolute atomic E-state index is 0.331. The Morgan fingerprint density at radius 2 is 1.69 bits per heavy atom. The molecular formula is C13H24O3. The highest BCUT2D eigenvalue weighted by atomic mass is 16.5. The van der Waals surface area contributed by atoms with Gasteiger partial charge in [0.15, 0.2) is 0 Å². The summed E-state index contributed by atoms with van der Waals surface area (Å²) in [7, 11) is 0. The molecule has 0 unspecified atom stereocenters. The molecule has 0 radical (unpaired) electrons. The van der Waals surface area contributed by atoms with Gasteiger partial charge in [0.25, 0.3) is 0 Å². The molecular weight excluding hydrogens is 204 g/mol. The van der Waals surface area contributed by atoms with Crippen LogP contribution >= 0.6 is 0 Å². The molecule has 0 aliphatic heterocycles. The van der Waals surface area contributed by atoms with E-state index in [1.165, 1.54) is 12.5 Å². The van der Waals surface area contributed by atoms with E-state index in [1.807, 2.05) is 0 Å². The second-order valence-corrected chi connectivity index (χ2v) is 3.75. The average molecular weight is 228 g/mol. The molecule has 0 atom stereocenters. The smallest absolute Gasteiger partial charge is 0.330 e. The van der Waals surface area contributed by atoms with Crippen molar-refractivity contribution < 1.29 is 14.3 Å². The van der Waals surface area contributed by atoms with Gasteiger partial charge < -0.3 is 9.47 Å². The van der Waals surface area contributed by atoms with E-state index in [1.54, 1.807) is 0 Å². The molecule has 0 amide bonds. The fourth-order valence-electron chi connectivity index (χ4n) is 1.24. The average Bonchev–Trinajstić information content (AvgIpc) is 2.31. The van der Waals surface area contributed by atoms with Crippen molar-refractivity contribution in [2.45, 2.75) is 45.4 Å². The van der Waals surface area contributed by atoms with Gasteiger partial charge in [-0.1, -0.05) is 26.3 Å². The Morgan fingerprint density at radius 1 is 1.06 bits per heavy atom. The molecule has 0 aliphatic carbocycles. The summed E-state index contributed by atoms with van der Waals surface area (Å²) in [5, 5.41) is 0. The highest BCUT2D eigenvalue weighted by Crippen LogP contribution is 2.01. The van der Waals surface area contributed by atoms with Gasteiger partial charge in [0.05, 0.1) is 6.61 Å². The van der Waals surface area contributed by atoms with E-state index in [0.29, 0.717) is 6.61 Å². The normalized spacial score (nSPS) is 10.1. The van der Waals surface area contributed by atoms with Gasteiger partial charge in [0, 0.05) is 19.3 Å². The van der Waals surface area contributed by atoms with Crippen LogP contribution in [0.3, 0.4) is 0 Å². The van der Waals surface area contributed by atoms with Crippen LogP contribution in [0, 0.1) is 0 Å². The summed E-state index contributed by atoms with van der Waals surface area (Å²) < 4.78 is 10.3. The molecule has 0 fully saturated rings. The summed E-state index contributed by atoms with van der Waals surface area (Å²) >= 11 is 0. The number of unbranched alkanes of at least 4 members (excludes halogenated alkanes) is 4. The first kappa shape index (κ1) is 15.2. The van der Waals surface area contributed by atoms with Crippen molar-refractivity contribution in [3.05, 3.63) is 12.7 Å².